The van der Waals surface area contributed by atoms with Crippen LogP contribution in [-0.2, 0) is 0 Å². The van der Waals surface area contributed by atoms with Gasteiger partial charge in [-0.2, -0.15) is 0 Å². The molecule has 0 radical (unpaired) electrons. The molecule has 1 aromatic carbocycles. The third-order valence-electron chi connectivity index (χ3n) is 2.48. The number of nitrogens with two attached hydrogens (primary N) is 1. The number of pyridine rings is 1. The van der Waals surface area contributed by atoms with Crippen LogP contribution < -0.4 is 5.73 Å². The number of anilines is 1. The van der Waals surface area contributed by atoms with Crippen molar-refractivity contribution >= 4 is 5.82 Å². The highest BCUT2D eigenvalue weighted by Gasteiger charge is 2.09. The number of hydrogen-bond donors (Lipinski definition) is 1. The largest absolute Gasteiger partial charge is 0.416 e. The Balaban J connectivity index is 1.97. The maximum Gasteiger partial charge on any atom is 0.249 e. The van der Waals surface area contributed by atoms with E-state index < -0.39 is 0 Å². The lowest BCUT2D eigenvalue weighted by atomic mass is 10.2. The second-order valence-electron chi connectivity index (χ2n) is 3.75. The molecule has 0 fully saturated rings. The molecule has 0 saturated heterocycles. The molecular formula is C13H10N4O. The first-order valence-electron chi connectivity index (χ1n) is 5.44. The second-order valence-corrected chi connectivity index (χ2v) is 3.75. The van der Waals surface area contributed by atoms with Gasteiger partial charge in [0, 0.05) is 11.8 Å². The first kappa shape index (κ1) is 10.5. The van der Waals surface area contributed by atoms with E-state index >= 15 is 0 Å². The Bertz CT molecular complexity index is 646. The third kappa shape index (κ3) is 1.93. The summed E-state index contributed by atoms with van der Waals surface area (Å²) in [7, 11) is 0. The van der Waals surface area contributed by atoms with Crippen molar-refractivity contribution in [1.29, 1.82) is 0 Å². The third-order valence-corrected chi connectivity index (χ3v) is 2.48. The molecule has 18 heavy (non-hydrogen) atoms. The Morgan fingerprint density at radius 2 is 1.56 bits per heavy atom. The maximum absolute atomic E-state index is 5.59. The molecule has 0 spiro atoms. The summed E-state index contributed by atoms with van der Waals surface area (Å²) in [5.74, 6) is 1.38. The molecule has 0 aliphatic rings. The van der Waals surface area contributed by atoms with Crippen LogP contribution in [0.25, 0.3) is 22.9 Å². The van der Waals surface area contributed by atoms with E-state index in [9.17, 15) is 0 Å². The standard InChI is InChI=1S/C13H10N4O/c14-11-7-6-10(8-15-11)13-17-16-12(18-13)9-4-2-1-3-5-9/h1-8H,(H2,14,15). The fourth-order valence-corrected chi connectivity index (χ4v) is 1.57. The molecule has 2 heterocycles. The van der Waals surface area contributed by atoms with Gasteiger partial charge in [0.2, 0.25) is 11.8 Å². The van der Waals surface area contributed by atoms with Gasteiger partial charge >= 0.3 is 0 Å². The minimum atomic E-state index is 0.432. The van der Waals surface area contributed by atoms with Crippen LogP contribution in [0.2, 0.25) is 0 Å². The van der Waals surface area contributed by atoms with E-state index in [2.05, 4.69) is 15.2 Å². The van der Waals surface area contributed by atoms with Crippen LogP contribution in [-0.4, -0.2) is 15.2 Å². The zero-order valence-electron chi connectivity index (χ0n) is 9.45. The molecule has 0 saturated carbocycles. The summed E-state index contributed by atoms with van der Waals surface area (Å²) in [5.41, 5.74) is 7.16. The van der Waals surface area contributed by atoms with Gasteiger partial charge in [-0.3, -0.25) is 0 Å². The summed E-state index contributed by atoms with van der Waals surface area (Å²) in [6.45, 7) is 0. The molecule has 0 atom stereocenters. The number of aromatic nitrogens is 3. The normalized spacial score (nSPS) is 10.4. The fraction of sp³-hybridized carbons (Fsp3) is 0. The lowest BCUT2D eigenvalue weighted by molar-refractivity contribution is 0.584. The number of benzene rings is 1. The lowest BCUT2D eigenvalue weighted by Gasteiger charge is -1.95. The topological polar surface area (TPSA) is 77.8 Å². The minimum absolute atomic E-state index is 0.432. The Morgan fingerprint density at radius 1 is 0.833 bits per heavy atom. The molecule has 3 aromatic rings. The van der Waals surface area contributed by atoms with Crippen molar-refractivity contribution in [2.45, 2.75) is 0 Å². The van der Waals surface area contributed by atoms with Crippen molar-refractivity contribution in [3.8, 4) is 22.9 Å². The Morgan fingerprint density at radius 3 is 2.22 bits per heavy atom. The van der Waals surface area contributed by atoms with Gasteiger partial charge in [0.05, 0.1) is 5.56 Å². The number of nitrogens with zero attached hydrogens (tertiary/aromatic N) is 3. The predicted octanol–water partition coefficient (Wildman–Crippen LogP) is 2.38. The molecule has 0 aliphatic carbocycles. The van der Waals surface area contributed by atoms with E-state index in [1.54, 1.807) is 18.3 Å². The fourth-order valence-electron chi connectivity index (χ4n) is 1.57. The van der Waals surface area contributed by atoms with Crippen molar-refractivity contribution in [2.75, 3.05) is 5.73 Å². The van der Waals surface area contributed by atoms with E-state index in [-0.39, 0.29) is 0 Å². The molecule has 2 aromatic heterocycles. The predicted molar refractivity (Wildman–Crippen MR) is 67.4 cm³/mol. The quantitative estimate of drug-likeness (QED) is 0.741. The summed E-state index contributed by atoms with van der Waals surface area (Å²) in [5, 5.41) is 8.00. The molecule has 5 nitrogen and oxygen atoms in total. The van der Waals surface area contributed by atoms with Crippen LogP contribution in [0.4, 0.5) is 5.82 Å². The van der Waals surface area contributed by atoms with Gasteiger partial charge in [0.1, 0.15) is 5.82 Å². The smallest absolute Gasteiger partial charge is 0.249 e. The van der Waals surface area contributed by atoms with E-state index in [0.29, 0.717) is 17.6 Å². The van der Waals surface area contributed by atoms with Crippen molar-refractivity contribution in [3.05, 3.63) is 48.7 Å². The number of rotatable bonds is 2. The van der Waals surface area contributed by atoms with Crippen LogP contribution >= 0.6 is 0 Å². The number of nitrogen functional groups attached to an aromatic ring is 1. The first-order chi connectivity index (χ1) is 8.83. The van der Waals surface area contributed by atoms with Crippen molar-refractivity contribution in [1.82, 2.24) is 15.2 Å². The lowest BCUT2D eigenvalue weighted by Crippen LogP contribution is -1.88. The van der Waals surface area contributed by atoms with Gasteiger partial charge in [-0.05, 0) is 24.3 Å². The summed E-state index contributed by atoms with van der Waals surface area (Å²) in [4.78, 5) is 3.99. The van der Waals surface area contributed by atoms with E-state index in [4.69, 9.17) is 10.2 Å². The summed E-state index contributed by atoms with van der Waals surface area (Å²) < 4.78 is 5.59. The van der Waals surface area contributed by atoms with Gasteiger partial charge in [-0.1, -0.05) is 18.2 Å². The molecule has 3 rings (SSSR count). The molecule has 0 unspecified atom stereocenters. The van der Waals surface area contributed by atoms with Crippen LogP contribution in [0, 0.1) is 0 Å². The molecule has 2 N–H and O–H groups in total. The van der Waals surface area contributed by atoms with E-state index in [0.717, 1.165) is 11.1 Å². The van der Waals surface area contributed by atoms with Crippen LogP contribution in [0.3, 0.4) is 0 Å². The molecule has 0 bridgehead atoms. The molecule has 88 valence electrons. The van der Waals surface area contributed by atoms with Crippen molar-refractivity contribution in [3.63, 3.8) is 0 Å². The molecule has 0 aliphatic heterocycles. The maximum atomic E-state index is 5.59. The van der Waals surface area contributed by atoms with Crippen LogP contribution in [0.5, 0.6) is 0 Å². The summed E-state index contributed by atoms with van der Waals surface area (Å²) in [6.07, 6.45) is 1.61. The van der Waals surface area contributed by atoms with Crippen molar-refractivity contribution < 1.29 is 4.42 Å². The first-order valence-corrected chi connectivity index (χ1v) is 5.44. The summed E-state index contributed by atoms with van der Waals surface area (Å²) >= 11 is 0. The van der Waals surface area contributed by atoms with E-state index in [1.165, 1.54) is 0 Å². The van der Waals surface area contributed by atoms with Crippen molar-refractivity contribution in [2.24, 2.45) is 0 Å². The highest BCUT2D eigenvalue weighted by molar-refractivity contribution is 5.57. The minimum Gasteiger partial charge on any atom is -0.416 e. The molecule has 0 amide bonds. The SMILES string of the molecule is Nc1ccc(-c2nnc(-c3ccccc3)o2)cn1. The van der Waals surface area contributed by atoms with Gasteiger partial charge < -0.3 is 10.2 Å². The van der Waals surface area contributed by atoms with Gasteiger partial charge in [0.15, 0.2) is 0 Å². The van der Waals surface area contributed by atoms with Crippen LogP contribution in [0.1, 0.15) is 0 Å². The number of hydrogen-bond acceptors (Lipinski definition) is 5. The Labute approximate surface area is 103 Å². The molecule has 5 heteroatoms. The highest BCUT2D eigenvalue weighted by atomic mass is 16.4. The average molecular weight is 238 g/mol. The van der Waals surface area contributed by atoms with Gasteiger partial charge in [-0.15, -0.1) is 10.2 Å². The van der Waals surface area contributed by atoms with Crippen LogP contribution in [0.15, 0.2) is 53.1 Å². The Kier molecular flexibility index (Phi) is 2.49. The summed E-state index contributed by atoms with van der Waals surface area (Å²) in [6, 6.07) is 13.1. The average Bonchev–Trinajstić information content (AvgIpc) is 2.90. The van der Waals surface area contributed by atoms with Gasteiger partial charge in [0.25, 0.3) is 0 Å². The van der Waals surface area contributed by atoms with Gasteiger partial charge in [-0.25, -0.2) is 4.98 Å². The Hall–Kier alpha value is -2.69. The monoisotopic (exact) mass is 238 g/mol. The zero-order valence-corrected chi connectivity index (χ0v) is 9.45. The highest BCUT2D eigenvalue weighted by Crippen LogP contribution is 2.23. The zero-order chi connectivity index (χ0) is 12.4. The molecular weight excluding hydrogens is 228 g/mol. The van der Waals surface area contributed by atoms with E-state index in [1.807, 2.05) is 30.3 Å². The second kappa shape index (κ2) is 4.29.